The number of aromatic nitrogens is 1. The van der Waals surface area contributed by atoms with Gasteiger partial charge in [0.05, 0.1) is 0 Å². The van der Waals surface area contributed by atoms with Gasteiger partial charge in [0.2, 0.25) is 0 Å². The molecule has 1 heterocycles. The van der Waals surface area contributed by atoms with Crippen LogP contribution in [0.15, 0.2) is 47.2 Å². The fraction of sp³-hybridized carbons (Fsp3) is 0.0714. The smallest absolute Gasteiger partial charge is 0.106 e. The quantitative estimate of drug-likeness (QED) is 0.743. The molecule has 2 aromatic rings. The fourth-order valence-electron chi connectivity index (χ4n) is 1.48. The van der Waals surface area contributed by atoms with Gasteiger partial charge in [-0.2, -0.15) is 0 Å². The Morgan fingerprint density at radius 2 is 1.94 bits per heavy atom. The van der Waals surface area contributed by atoms with E-state index in [1.807, 2.05) is 12.1 Å². The predicted molar refractivity (Wildman–Crippen MR) is 72.0 cm³/mol. The number of halogens is 1. The van der Waals surface area contributed by atoms with Crippen molar-refractivity contribution in [1.82, 2.24) is 4.98 Å². The van der Waals surface area contributed by atoms with Gasteiger partial charge in [0.1, 0.15) is 4.60 Å². The molecule has 1 aromatic heterocycles. The van der Waals surface area contributed by atoms with Crippen LogP contribution >= 0.6 is 15.9 Å². The Hall–Kier alpha value is -1.41. The van der Waals surface area contributed by atoms with E-state index in [0.29, 0.717) is 0 Å². The first-order valence-electron chi connectivity index (χ1n) is 5.11. The molecule has 0 fully saturated rings. The van der Waals surface area contributed by atoms with Crippen LogP contribution in [0.3, 0.4) is 0 Å². The normalized spacial score (nSPS) is 10.9. The zero-order valence-electron chi connectivity index (χ0n) is 9.02. The molecule has 2 heteroatoms. The number of aryl methyl sites for hydroxylation is 1. The lowest BCUT2D eigenvalue weighted by atomic mass is 10.1. The van der Waals surface area contributed by atoms with Crippen LogP contribution in [-0.4, -0.2) is 4.98 Å². The third-order valence-corrected chi connectivity index (χ3v) is 2.83. The van der Waals surface area contributed by atoms with Crippen molar-refractivity contribution in [2.24, 2.45) is 0 Å². The number of pyridine rings is 1. The Bertz CT molecular complexity index is 518. The van der Waals surface area contributed by atoms with Gasteiger partial charge in [-0.15, -0.1) is 0 Å². The van der Waals surface area contributed by atoms with E-state index in [1.165, 1.54) is 11.1 Å². The third kappa shape index (κ3) is 2.80. The molecule has 0 unspecified atom stereocenters. The second kappa shape index (κ2) is 5.08. The number of hydrogen-bond donors (Lipinski definition) is 0. The summed E-state index contributed by atoms with van der Waals surface area (Å²) in [6.07, 6.45) is 6.01. The summed E-state index contributed by atoms with van der Waals surface area (Å²) in [5.41, 5.74) is 3.67. The van der Waals surface area contributed by atoms with Crippen LogP contribution < -0.4 is 0 Å². The molecule has 0 radical (unpaired) electrons. The minimum Gasteiger partial charge on any atom is -0.249 e. The van der Waals surface area contributed by atoms with E-state index in [2.05, 4.69) is 64.3 Å². The minimum absolute atomic E-state index is 0.861. The highest BCUT2D eigenvalue weighted by molar-refractivity contribution is 9.10. The topological polar surface area (TPSA) is 12.9 Å². The minimum atomic E-state index is 0.861. The highest BCUT2D eigenvalue weighted by Gasteiger charge is 1.92. The molecule has 0 spiro atoms. The molecule has 0 N–H and O–H groups in total. The molecule has 0 aliphatic rings. The van der Waals surface area contributed by atoms with Gasteiger partial charge in [-0.1, -0.05) is 36.4 Å². The summed E-state index contributed by atoms with van der Waals surface area (Å²) in [6.45, 7) is 2.11. The van der Waals surface area contributed by atoms with E-state index < -0.39 is 0 Å². The standard InChI is InChI=1S/C14H12BrN/c1-11-4-2-3-5-13(11)7-6-12-8-9-16-14(15)10-12/h2-10H,1H3. The molecule has 16 heavy (non-hydrogen) atoms. The Labute approximate surface area is 104 Å². The molecule has 2 rings (SSSR count). The summed E-state index contributed by atoms with van der Waals surface area (Å²) in [7, 11) is 0. The molecule has 0 atom stereocenters. The molecule has 80 valence electrons. The van der Waals surface area contributed by atoms with Crippen molar-refractivity contribution in [3.05, 3.63) is 63.9 Å². The summed E-state index contributed by atoms with van der Waals surface area (Å²) in [5.74, 6) is 0. The predicted octanol–water partition coefficient (Wildman–Crippen LogP) is 4.32. The van der Waals surface area contributed by atoms with Crippen molar-refractivity contribution < 1.29 is 0 Å². The highest BCUT2D eigenvalue weighted by Crippen LogP contribution is 2.14. The molecular weight excluding hydrogens is 262 g/mol. The van der Waals surface area contributed by atoms with E-state index in [4.69, 9.17) is 0 Å². The van der Waals surface area contributed by atoms with Gasteiger partial charge in [0.15, 0.2) is 0 Å². The molecule has 1 nitrogen and oxygen atoms in total. The molecule has 0 saturated heterocycles. The average Bonchev–Trinajstić information content (AvgIpc) is 2.28. The second-order valence-electron chi connectivity index (χ2n) is 3.60. The molecular formula is C14H12BrN. The maximum Gasteiger partial charge on any atom is 0.106 e. The third-order valence-electron chi connectivity index (χ3n) is 2.39. The van der Waals surface area contributed by atoms with Crippen LogP contribution in [0.4, 0.5) is 0 Å². The van der Waals surface area contributed by atoms with Gasteiger partial charge in [-0.25, -0.2) is 4.98 Å². The van der Waals surface area contributed by atoms with E-state index in [-0.39, 0.29) is 0 Å². The monoisotopic (exact) mass is 273 g/mol. The van der Waals surface area contributed by atoms with Crippen LogP contribution in [0.2, 0.25) is 0 Å². The maximum atomic E-state index is 4.10. The Morgan fingerprint density at radius 3 is 2.69 bits per heavy atom. The van der Waals surface area contributed by atoms with E-state index >= 15 is 0 Å². The summed E-state index contributed by atoms with van der Waals surface area (Å²) in [5, 5.41) is 0. The Kier molecular flexibility index (Phi) is 3.52. The molecule has 0 saturated carbocycles. The van der Waals surface area contributed by atoms with Gasteiger partial charge < -0.3 is 0 Å². The van der Waals surface area contributed by atoms with Crippen molar-refractivity contribution in [1.29, 1.82) is 0 Å². The van der Waals surface area contributed by atoms with Gasteiger partial charge in [-0.05, 0) is 51.7 Å². The summed E-state index contributed by atoms with van der Waals surface area (Å²) in [6, 6.07) is 12.3. The number of hydrogen-bond acceptors (Lipinski definition) is 1. The van der Waals surface area contributed by atoms with Gasteiger partial charge in [0, 0.05) is 6.20 Å². The first-order chi connectivity index (χ1) is 7.75. The van der Waals surface area contributed by atoms with Crippen LogP contribution in [0.5, 0.6) is 0 Å². The van der Waals surface area contributed by atoms with Crippen LogP contribution in [0, 0.1) is 6.92 Å². The molecule has 1 aromatic carbocycles. The second-order valence-corrected chi connectivity index (χ2v) is 4.41. The average molecular weight is 274 g/mol. The SMILES string of the molecule is Cc1ccccc1C=Cc1ccnc(Br)c1. The van der Waals surface area contributed by atoms with Crippen LogP contribution in [0.25, 0.3) is 12.2 Å². The zero-order valence-corrected chi connectivity index (χ0v) is 10.6. The first kappa shape index (κ1) is 11.1. The van der Waals surface area contributed by atoms with Gasteiger partial charge in [-0.3, -0.25) is 0 Å². The van der Waals surface area contributed by atoms with Gasteiger partial charge >= 0.3 is 0 Å². The van der Waals surface area contributed by atoms with Crippen molar-refractivity contribution in [3.8, 4) is 0 Å². The largest absolute Gasteiger partial charge is 0.249 e. The summed E-state index contributed by atoms with van der Waals surface area (Å²) < 4.78 is 0.861. The lowest BCUT2D eigenvalue weighted by Gasteiger charge is -1.98. The van der Waals surface area contributed by atoms with Crippen molar-refractivity contribution >= 4 is 28.1 Å². The van der Waals surface area contributed by atoms with E-state index in [1.54, 1.807) is 6.20 Å². The van der Waals surface area contributed by atoms with Crippen LogP contribution in [-0.2, 0) is 0 Å². The maximum absolute atomic E-state index is 4.10. The van der Waals surface area contributed by atoms with Crippen molar-refractivity contribution in [2.45, 2.75) is 6.92 Å². The first-order valence-corrected chi connectivity index (χ1v) is 5.90. The summed E-state index contributed by atoms with van der Waals surface area (Å²) in [4.78, 5) is 4.10. The lowest BCUT2D eigenvalue weighted by Crippen LogP contribution is -1.79. The molecule has 0 amide bonds. The van der Waals surface area contributed by atoms with Crippen LogP contribution in [0.1, 0.15) is 16.7 Å². The highest BCUT2D eigenvalue weighted by atomic mass is 79.9. The van der Waals surface area contributed by atoms with Crippen molar-refractivity contribution in [3.63, 3.8) is 0 Å². The van der Waals surface area contributed by atoms with E-state index in [9.17, 15) is 0 Å². The number of nitrogens with zero attached hydrogens (tertiary/aromatic N) is 1. The number of benzene rings is 1. The fourth-order valence-corrected chi connectivity index (χ4v) is 1.86. The van der Waals surface area contributed by atoms with Gasteiger partial charge in [0.25, 0.3) is 0 Å². The molecule has 0 aliphatic heterocycles. The number of rotatable bonds is 2. The zero-order chi connectivity index (χ0) is 11.4. The van der Waals surface area contributed by atoms with Crippen molar-refractivity contribution in [2.75, 3.05) is 0 Å². The Morgan fingerprint density at radius 1 is 1.12 bits per heavy atom. The summed E-state index contributed by atoms with van der Waals surface area (Å²) >= 11 is 3.36. The molecule has 0 aliphatic carbocycles. The van der Waals surface area contributed by atoms with E-state index in [0.717, 1.165) is 10.2 Å². The Balaban J connectivity index is 2.25. The lowest BCUT2D eigenvalue weighted by molar-refractivity contribution is 1.27. The molecule has 0 bridgehead atoms.